The van der Waals surface area contributed by atoms with Crippen molar-refractivity contribution in [3.05, 3.63) is 52.0 Å². The first-order valence-corrected chi connectivity index (χ1v) is 11.4. The molecule has 0 atom stereocenters. The molecule has 0 radical (unpaired) electrons. The number of methoxy groups -OCH3 is 2. The van der Waals surface area contributed by atoms with E-state index in [4.69, 9.17) is 14.2 Å². The van der Waals surface area contributed by atoms with Gasteiger partial charge in [0.25, 0.3) is 5.91 Å². The number of benzene rings is 2. The van der Waals surface area contributed by atoms with Crippen LogP contribution in [0.25, 0.3) is 0 Å². The van der Waals surface area contributed by atoms with Crippen molar-refractivity contribution in [2.45, 2.75) is 12.6 Å². The maximum Gasteiger partial charge on any atom is 0.416 e. The summed E-state index contributed by atoms with van der Waals surface area (Å²) < 4.78 is 54.5. The van der Waals surface area contributed by atoms with Crippen molar-refractivity contribution in [1.29, 1.82) is 0 Å². The molecule has 0 saturated heterocycles. The molecule has 0 heterocycles. The number of alkyl halides is 3. The Hall–Kier alpha value is -3.65. The van der Waals surface area contributed by atoms with Crippen molar-refractivity contribution in [3.8, 4) is 11.5 Å². The molecule has 14 heteroatoms. The Morgan fingerprint density at radius 2 is 1.86 bits per heavy atom. The van der Waals surface area contributed by atoms with Crippen molar-refractivity contribution in [2.24, 2.45) is 5.10 Å². The van der Waals surface area contributed by atoms with Gasteiger partial charge in [0.05, 0.1) is 23.4 Å². The van der Waals surface area contributed by atoms with E-state index in [1.807, 2.05) is 0 Å². The summed E-state index contributed by atoms with van der Waals surface area (Å²) in [7, 11) is 2.88. The van der Waals surface area contributed by atoms with Crippen LogP contribution in [0.3, 0.4) is 0 Å². The van der Waals surface area contributed by atoms with E-state index in [0.29, 0.717) is 23.1 Å². The van der Waals surface area contributed by atoms with Gasteiger partial charge in [-0.25, -0.2) is 5.43 Å². The lowest BCUT2D eigenvalue weighted by molar-refractivity contribution is -0.139. The van der Waals surface area contributed by atoms with Crippen LogP contribution in [-0.2, 0) is 25.3 Å². The second-order valence-corrected chi connectivity index (χ2v) is 8.11. The molecule has 0 aliphatic rings. The number of ether oxygens (including phenoxy) is 3. The highest BCUT2D eigenvalue weighted by Crippen LogP contribution is 2.36. The van der Waals surface area contributed by atoms with Crippen molar-refractivity contribution < 1.29 is 41.8 Å². The van der Waals surface area contributed by atoms with Crippen molar-refractivity contribution >= 4 is 45.6 Å². The van der Waals surface area contributed by atoms with Gasteiger partial charge in [0, 0.05) is 25.9 Å². The molecule has 3 N–H and O–H groups in total. The molecule has 10 nitrogen and oxygen atoms in total. The third-order valence-corrected chi connectivity index (χ3v) is 5.06. The van der Waals surface area contributed by atoms with Crippen LogP contribution in [0.1, 0.15) is 17.5 Å². The molecule has 0 bridgehead atoms. The van der Waals surface area contributed by atoms with Gasteiger partial charge in [-0.2, -0.15) is 18.3 Å². The fourth-order valence-corrected chi connectivity index (χ4v) is 3.35. The number of hydrogen-bond donors (Lipinski definition) is 3. The van der Waals surface area contributed by atoms with E-state index in [-0.39, 0.29) is 23.7 Å². The first kappa shape index (κ1) is 29.6. The maximum absolute atomic E-state index is 12.8. The highest BCUT2D eigenvalue weighted by Gasteiger charge is 2.30. The molecule has 37 heavy (non-hydrogen) atoms. The molecule has 0 aliphatic heterocycles. The van der Waals surface area contributed by atoms with Gasteiger partial charge >= 0.3 is 18.0 Å². The summed E-state index contributed by atoms with van der Waals surface area (Å²) in [5, 5.41) is 8.48. The molecule has 0 unspecified atom stereocenters. The maximum atomic E-state index is 12.8. The number of hydrazone groups is 1. The Kier molecular flexibility index (Phi) is 11.3. The fraction of sp³-hybridized carbons (Fsp3) is 0.304. The summed E-state index contributed by atoms with van der Waals surface area (Å²) in [5.41, 5.74) is 1.61. The van der Waals surface area contributed by atoms with Crippen LogP contribution in [0.15, 0.2) is 46.0 Å². The topological polar surface area (TPSA) is 127 Å². The third-order valence-electron chi connectivity index (χ3n) is 4.47. The van der Waals surface area contributed by atoms with Crippen molar-refractivity contribution in [2.75, 3.05) is 39.3 Å². The lowest BCUT2D eigenvalue weighted by atomic mass is 10.2. The molecule has 0 aromatic heterocycles. The van der Waals surface area contributed by atoms with E-state index < -0.39 is 36.1 Å². The Morgan fingerprint density at radius 1 is 1.11 bits per heavy atom. The number of nitrogens with one attached hydrogen (secondary N) is 3. The number of hydrogen-bond acceptors (Lipinski definition) is 7. The van der Waals surface area contributed by atoms with Gasteiger partial charge < -0.3 is 24.8 Å². The number of anilines is 1. The largest absolute Gasteiger partial charge is 0.493 e. The summed E-state index contributed by atoms with van der Waals surface area (Å²) in [5.74, 6) is -2.14. The smallest absolute Gasteiger partial charge is 0.416 e. The predicted octanol–water partition coefficient (Wildman–Crippen LogP) is 3.10. The van der Waals surface area contributed by atoms with Crippen LogP contribution in [-0.4, -0.2) is 57.9 Å². The lowest BCUT2D eigenvalue weighted by Gasteiger charge is -2.14. The van der Waals surface area contributed by atoms with Crippen LogP contribution >= 0.6 is 15.9 Å². The van der Waals surface area contributed by atoms with Crippen LogP contribution in [0, 0.1) is 0 Å². The number of nitrogens with zero attached hydrogens (tertiary/aromatic N) is 1. The van der Waals surface area contributed by atoms with E-state index >= 15 is 0 Å². The predicted molar refractivity (Wildman–Crippen MR) is 132 cm³/mol. The van der Waals surface area contributed by atoms with Gasteiger partial charge in [0.15, 0.2) is 18.1 Å². The number of halogens is 4. The Morgan fingerprint density at radius 3 is 2.54 bits per heavy atom. The molecule has 0 saturated carbocycles. The van der Waals surface area contributed by atoms with Crippen LogP contribution in [0.5, 0.6) is 11.5 Å². The zero-order valence-corrected chi connectivity index (χ0v) is 21.4. The minimum Gasteiger partial charge on any atom is -0.493 e. The standard InChI is InChI=1S/C23H24BrF3N4O6/c1-35-8-4-7-28-21(33)22(34)31-29-12-14-9-17(24)20(18(10-14)36-2)37-13-19(32)30-16-6-3-5-15(11-16)23(25,26)27/h3,5-6,9-12H,4,7-8,13H2,1-2H3,(H,28,33)(H,30,32)(H,31,34)/b29-12-. The van der Waals surface area contributed by atoms with Gasteiger partial charge in [0.2, 0.25) is 0 Å². The Bertz CT molecular complexity index is 1140. The first-order chi connectivity index (χ1) is 17.5. The van der Waals surface area contributed by atoms with Crippen molar-refractivity contribution in [1.82, 2.24) is 10.7 Å². The lowest BCUT2D eigenvalue weighted by Crippen LogP contribution is -2.38. The van der Waals surface area contributed by atoms with Crippen LogP contribution in [0.4, 0.5) is 18.9 Å². The van der Waals surface area contributed by atoms with Gasteiger partial charge in [-0.3, -0.25) is 14.4 Å². The summed E-state index contributed by atoms with van der Waals surface area (Å²) in [4.78, 5) is 35.7. The summed E-state index contributed by atoms with van der Waals surface area (Å²) in [6.07, 6.45) is -2.73. The number of rotatable bonds is 11. The molecule has 2 rings (SSSR count). The average Bonchev–Trinajstić information content (AvgIpc) is 2.85. The number of amides is 3. The molecule has 0 fully saturated rings. The zero-order valence-electron chi connectivity index (χ0n) is 19.8. The number of carbonyl (C=O) groups excluding carboxylic acids is 3. The van der Waals surface area contributed by atoms with Crippen LogP contribution < -0.4 is 25.5 Å². The van der Waals surface area contributed by atoms with E-state index in [9.17, 15) is 27.6 Å². The molecule has 200 valence electrons. The summed E-state index contributed by atoms with van der Waals surface area (Å²) in [6, 6.07) is 7.24. The van der Waals surface area contributed by atoms with E-state index in [2.05, 4.69) is 37.1 Å². The third kappa shape index (κ3) is 9.73. The molecular formula is C23H24BrF3N4O6. The molecular weight excluding hydrogens is 565 g/mol. The highest BCUT2D eigenvalue weighted by atomic mass is 79.9. The summed E-state index contributed by atoms with van der Waals surface area (Å²) >= 11 is 3.29. The second kappa shape index (κ2) is 14.2. The highest BCUT2D eigenvalue weighted by molar-refractivity contribution is 9.10. The van der Waals surface area contributed by atoms with Crippen molar-refractivity contribution in [3.63, 3.8) is 0 Å². The van der Waals surface area contributed by atoms with E-state index in [0.717, 1.165) is 12.1 Å². The zero-order chi connectivity index (χ0) is 27.4. The monoisotopic (exact) mass is 588 g/mol. The van der Waals surface area contributed by atoms with E-state index in [1.54, 1.807) is 6.07 Å². The molecule has 0 spiro atoms. The Balaban J connectivity index is 1.96. The fourth-order valence-electron chi connectivity index (χ4n) is 2.78. The first-order valence-electron chi connectivity index (χ1n) is 10.6. The SMILES string of the molecule is COCCCNC(=O)C(=O)N/N=C\c1cc(Br)c(OCC(=O)Nc2cccc(C(F)(F)F)c2)c(OC)c1. The molecule has 3 amide bonds. The average molecular weight is 589 g/mol. The Labute approximate surface area is 218 Å². The van der Waals surface area contributed by atoms with Crippen LogP contribution in [0.2, 0.25) is 0 Å². The quantitative estimate of drug-likeness (QED) is 0.160. The van der Waals surface area contributed by atoms with Gasteiger partial charge in [-0.1, -0.05) is 6.07 Å². The summed E-state index contributed by atoms with van der Waals surface area (Å²) in [6.45, 7) is 0.193. The minimum atomic E-state index is -4.54. The van der Waals surface area contributed by atoms with Gasteiger partial charge in [0.1, 0.15) is 0 Å². The van der Waals surface area contributed by atoms with Gasteiger partial charge in [-0.05, 0) is 58.2 Å². The van der Waals surface area contributed by atoms with Gasteiger partial charge in [-0.15, -0.1) is 0 Å². The normalized spacial score (nSPS) is 11.2. The minimum absolute atomic E-state index is 0.0354. The molecule has 0 aliphatic carbocycles. The molecule has 2 aromatic carbocycles. The number of carbonyl (C=O) groups is 3. The van der Waals surface area contributed by atoms with E-state index in [1.165, 1.54) is 38.6 Å². The second-order valence-electron chi connectivity index (χ2n) is 7.25. The molecule has 2 aromatic rings.